The second-order valence-corrected chi connectivity index (χ2v) is 3.78. The topological polar surface area (TPSA) is 28.7 Å². The number of hydrogen-bond acceptors (Lipinski definition) is 1. The van der Waals surface area contributed by atoms with Crippen LogP contribution < -0.4 is 0 Å². The molecule has 0 aliphatic heterocycles. The molecule has 2 heterocycles. The highest BCUT2D eigenvalue weighted by Crippen LogP contribution is 2.21. The first-order valence-electron chi connectivity index (χ1n) is 3.79. The van der Waals surface area contributed by atoms with Crippen molar-refractivity contribution >= 4 is 26.8 Å². The fraction of sp³-hybridized carbons (Fsp3) is 0.222. The van der Waals surface area contributed by atoms with Crippen molar-refractivity contribution in [2.24, 2.45) is 0 Å². The van der Waals surface area contributed by atoms with Gasteiger partial charge < -0.3 is 4.98 Å². The minimum Gasteiger partial charge on any atom is -0.348 e. The minimum absolute atomic E-state index is 1.01. The third kappa shape index (κ3) is 1.14. The first kappa shape index (κ1) is 7.80. The zero-order chi connectivity index (χ0) is 8.72. The predicted molar refractivity (Wildman–Crippen MR) is 53.3 cm³/mol. The molecule has 0 saturated carbocycles. The van der Waals surface area contributed by atoms with Crippen LogP contribution in [0.5, 0.6) is 0 Å². The molecular weight excluding hydrogens is 216 g/mol. The summed E-state index contributed by atoms with van der Waals surface area (Å²) in [5.41, 5.74) is 3.23. The Labute approximate surface area is 79.1 Å². The Bertz CT molecular complexity index is 431. The number of pyridine rings is 1. The quantitative estimate of drug-likeness (QED) is 0.733. The van der Waals surface area contributed by atoms with Crippen molar-refractivity contribution in [2.45, 2.75) is 13.8 Å². The molecule has 0 amide bonds. The van der Waals surface area contributed by atoms with Crippen LogP contribution in [0.4, 0.5) is 0 Å². The first-order chi connectivity index (χ1) is 5.66. The zero-order valence-corrected chi connectivity index (χ0v) is 8.57. The Morgan fingerprint density at radius 3 is 2.83 bits per heavy atom. The van der Waals surface area contributed by atoms with Crippen molar-refractivity contribution < 1.29 is 0 Å². The highest BCUT2D eigenvalue weighted by Gasteiger charge is 2.02. The van der Waals surface area contributed by atoms with Crippen molar-refractivity contribution in [1.29, 1.82) is 0 Å². The van der Waals surface area contributed by atoms with Crippen LogP contribution >= 0.6 is 15.9 Å². The lowest BCUT2D eigenvalue weighted by atomic mass is 10.2. The van der Waals surface area contributed by atoms with Gasteiger partial charge >= 0.3 is 0 Å². The molecule has 2 rings (SSSR count). The van der Waals surface area contributed by atoms with Crippen LogP contribution in [0.2, 0.25) is 0 Å². The van der Waals surface area contributed by atoms with E-state index in [1.54, 1.807) is 0 Å². The smallest absolute Gasteiger partial charge is 0.0831 e. The Balaban J connectivity index is 2.88. The maximum absolute atomic E-state index is 4.36. The molecule has 62 valence electrons. The van der Waals surface area contributed by atoms with Gasteiger partial charge in [-0.3, -0.25) is 4.98 Å². The molecule has 0 spiro atoms. The summed E-state index contributed by atoms with van der Waals surface area (Å²) in [4.78, 5) is 7.57. The van der Waals surface area contributed by atoms with E-state index in [-0.39, 0.29) is 0 Å². The molecule has 0 bridgehead atoms. The third-order valence-electron chi connectivity index (χ3n) is 1.89. The van der Waals surface area contributed by atoms with Gasteiger partial charge in [0.2, 0.25) is 0 Å². The molecule has 3 heteroatoms. The van der Waals surface area contributed by atoms with E-state index in [1.807, 2.05) is 13.8 Å². The van der Waals surface area contributed by atoms with Crippen LogP contribution in [-0.2, 0) is 0 Å². The summed E-state index contributed by atoms with van der Waals surface area (Å²) in [6.45, 7) is 4.02. The first-order valence-corrected chi connectivity index (χ1v) is 4.58. The molecule has 12 heavy (non-hydrogen) atoms. The zero-order valence-electron chi connectivity index (χ0n) is 6.98. The second kappa shape index (κ2) is 2.59. The van der Waals surface area contributed by atoms with Crippen LogP contribution in [0, 0.1) is 13.8 Å². The van der Waals surface area contributed by atoms with Crippen molar-refractivity contribution in [3.05, 3.63) is 28.1 Å². The average molecular weight is 225 g/mol. The molecule has 0 aliphatic rings. The largest absolute Gasteiger partial charge is 0.348 e. The maximum Gasteiger partial charge on any atom is 0.0831 e. The van der Waals surface area contributed by atoms with E-state index in [0.717, 1.165) is 21.5 Å². The number of nitrogens with one attached hydrogen (secondary N) is 1. The molecular formula is C9H9BrN2. The van der Waals surface area contributed by atoms with Crippen LogP contribution in [0.3, 0.4) is 0 Å². The van der Waals surface area contributed by atoms with E-state index in [0.29, 0.717) is 0 Å². The number of halogens is 1. The summed E-state index contributed by atoms with van der Waals surface area (Å²) in [6.07, 6.45) is 0. The molecule has 0 aromatic carbocycles. The molecule has 0 saturated heterocycles. The number of hydrogen-bond donors (Lipinski definition) is 1. The predicted octanol–water partition coefficient (Wildman–Crippen LogP) is 2.94. The minimum atomic E-state index is 1.01. The number of aromatic nitrogens is 2. The number of fused-ring (bicyclic) bond motifs is 1. The highest BCUT2D eigenvalue weighted by molar-refractivity contribution is 9.10. The Hall–Kier alpha value is -0.830. The monoisotopic (exact) mass is 224 g/mol. The van der Waals surface area contributed by atoms with E-state index in [4.69, 9.17) is 0 Å². The second-order valence-electron chi connectivity index (χ2n) is 2.93. The van der Waals surface area contributed by atoms with Gasteiger partial charge in [0, 0.05) is 11.1 Å². The summed E-state index contributed by atoms with van der Waals surface area (Å²) < 4.78 is 1.01. The number of rotatable bonds is 0. The molecule has 1 N–H and O–H groups in total. The van der Waals surface area contributed by atoms with Gasteiger partial charge in [-0.25, -0.2) is 0 Å². The Morgan fingerprint density at radius 2 is 2.08 bits per heavy atom. The summed E-state index contributed by atoms with van der Waals surface area (Å²) in [5.74, 6) is 0. The molecule has 2 aromatic rings. The molecule has 2 nitrogen and oxygen atoms in total. The fourth-order valence-corrected chi connectivity index (χ4v) is 1.87. The molecule has 0 fully saturated rings. The lowest BCUT2D eigenvalue weighted by molar-refractivity contribution is 1.14. The number of aryl methyl sites for hydroxylation is 2. The summed E-state index contributed by atoms with van der Waals surface area (Å²) in [6, 6.07) is 4.14. The van der Waals surface area contributed by atoms with Crippen LogP contribution in [0.15, 0.2) is 16.7 Å². The molecule has 0 atom stereocenters. The van der Waals surface area contributed by atoms with E-state index in [2.05, 4.69) is 38.0 Å². The van der Waals surface area contributed by atoms with Crippen molar-refractivity contribution in [3.63, 3.8) is 0 Å². The van der Waals surface area contributed by atoms with Gasteiger partial charge in [0.1, 0.15) is 0 Å². The van der Waals surface area contributed by atoms with E-state index >= 15 is 0 Å². The summed E-state index contributed by atoms with van der Waals surface area (Å²) in [7, 11) is 0. The average Bonchev–Trinajstić information content (AvgIpc) is 2.29. The Morgan fingerprint density at radius 1 is 1.33 bits per heavy atom. The van der Waals surface area contributed by atoms with Crippen LogP contribution in [0.25, 0.3) is 10.9 Å². The van der Waals surface area contributed by atoms with Gasteiger partial charge in [-0.2, -0.15) is 0 Å². The molecule has 0 radical (unpaired) electrons. The van der Waals surface area contributed by atoms with Crippen LogP contribution in [0.1, 0.15) is 11.4 Å². The van der Waals surface area contributed by atoms with Crippen molar-refractivity contribution in [1.82, 2.24) is 9.97 Å². The SMILES string of the molecule is Cc1cc2cc(Br)[nH]c2c(C)n1. The molecule has 0 unspecified atom stereocenters. The number of nitrogens with zero attached hydrogens (tertiary/aromatic N) is 1. The van der Waals surface area contributed by atoms with Crippen molar-refractivity contribution in [3.8, 4) is 0 Å². The molecule has 2 aromatic heterocycles. The van der Waals surface area contributed by atoms with Crippen LogP contribution in [-0.4, -0.2) is 9.97 Å². The number of aromatic amines is 1. The highest BCUT2D eigenvalue weighted by atomic mass is 79.9. The van der Waals surface area contributed by atoms with Crippen molar-refractivity contribution in [2.75, 3.05) is 0 Å². The van der Waals surface area contributed by atoms with Gasteiger partial charge in [0.05, 0.1) is 15.8 Å². The van der Waals surface area contributed by atoms with Gasteiger partial charge in [-0.15, -0.1) is 0 Å². The normalized spacial score (nSPS) is 10.9. The Kier molecular flexibility index (Phi) is 1.68. The van der Waals surface area contributed by atoms with E-state index in [9.17, 15) is 0 Å². The standard InChI is InChI=1S/C9H9BrN2/c1-5-3-7-4-8(10)12-9(7)6(2)11-5/h3-4,12H,1-2H3. The lowest BCUT2D eigenvalue weighted by Crippen LogP contribution is -1.86. The van der Waals surface area contributed by atoms with E-state index < -0.39 is 0 Å². The summed E-state index contributed by atoms with van der Waals surface area (Å²) in [5, 5.41) is 1.21. The van der Waals surface area contributed by atoms with E-state index in [1.165, 1.54) is 5.39 Å². The van der Waals surface area contributed by atoms with Gasteiger partial charge in [-0.1, -0.05) is 0 Å². The fourth-order valence-electron chi connectivity index (χ4n) is 1.43. The van der Waals surface area contributed by atoms with Gasteiger partial charge in [0.15, 0.2) is 0 Å². The third-order valence-corrected chi connectivity index (χ3v) is 2.31. The lowest BCUT2D eigenvalue weighted by Gasteiger charge is -1.96. The van der Waals surface area contributed by atoms with Gasteiger partial charge in [-0.05, 0) is 41.9 Å². The summed E-state index contributed by atoms with van der Waals surface area (Å²) >= 11 is 3.40. The number of H-pyrrole nitrogens is 1. The molecule has 0 aliphatic carbocycles. The van der Waals surface area contributed by atoms with Gasteiger partial charge in [0.25, 0.3) is 0 Å². The maximum atomic E-state index is 4.36.